The Morgan fingerprint density at radius 1 is 1.64 bits per heavy atom. The van der Waals surface area contributed by atoms with Crippen molar-refractivity contribution in [2.45, 2.75) is 12.5 Å². The van der Waals surface area contributed by atoms with Crippen LogP contribution in [0.15, 0.2) is 12.2 Å². The molecular weight excluding hydrogens is 140 g/mol. The van der Waals surface area contributed by atoms with Gasteiger partial charge in [0, 0.05) is 13.1 Å². The van der Waals surface area contributed by atoms with E-state index in [2.05, 4.69) is 6.08 Å². The molecule has 0 aromatic carbocycles. The van der Waals surface area contributed by atoms with E-state index in [4.69, 9.17) is 5.73 Å². The van der Waals surface area contributed by atoms with Crippen LogP contribution in [0.4, 0.5) is 0 Å². The maximum atomic E-state index is 11.4. The van der Waals surface area contributed by atoms with Gasteiger partial charge >= 0.3 is 0 Å². The lowest BCUT2D eigenvalue weighted by atomic mass is 10.1. The van der Waals surface area contributed by atoms with Crippen LogP contribution in [-0.2, 0) is 4.79 Å². The topological polar surface area (TPSA) is 46.3 Å². The molecule has 0 aromatic rings. The molecule has 3 heteroatoms. The van der Waals surface area contributed by atoms with E-state index in [9.17, 15) is 4.79 Å². The molecule has 0 spiro atoms. The van der Waals surface area contributed by atoms with E-state index in [1.165, 1.54) is 0 Å². The van der Waals surface area contributed by atoms with Crippen LogP contribution in [0.25, 0.3) is 0 Å². The lowest BCUT2D eigenvalue weighted by Crippen LogP contribution is -2.38. The number of hydrogen-bond acceptors (Lipinski definition) is 2. The molecule has 0 saturated carbocycles. The van der Waals surface area contributed by atoms with Gasteiger partial charge in [-0.1, -0.05) is 12.2 Å². The Balaban J connectivity index is 2.12. The number of rotatable bonds is 2. The number of nitrogens with two attached hydrogens (primary N) is 1. The highest BCUT2D eigenvalue weighted by atomic mass is 16.2. The summed E-state index contributed by atoms with van der Waals surface area (Å²) in [5.74, 6) is 0.439. The van der Waals surface area contributed by atoms with E-state index in [1.807, 2.05) is 11.0 Å². The molecule has 3 nitrogen and oxygen atoms in total. The van der Waals surface area contributed by atoms with Crippen molar-refractivity contribution in [2.75, 3.05) is 13.1 Å². The molecule has 2 rings (SSSR count). The molecule has 1 fully saturated rings. The van der Waals surface area contributed by atoms with Crippen LogP contribution in [-0.4, -0.2) is 29.9 Å². The van der Waals surface area contributed by atoms with Crippen molar-refractivity contribution in [3.63, 3.8) is 0 Å². The van der Waals surface area contributed by atoms with E-state index in [0.29, 0.717) is 19.1 Å². The normalized spacial score (nSPS) is 33.9. The second-order valence-electron chi connectivity index (χ2n) is 3.11. The first-order valence-electron chi connectivity index (χ1n) is 4.02. The van der Waals surface area contributed by atoms with Crippen LogP contribution >= 0.6 is 0 Å². The van der Waals surface area contributed by atoms with Crippen molar-refractivity contribution in [3.8, 4) is 0 Å². The molecule has 0 radical (unpaired) electrons. The first-order valence-corrected chi connectivity index (χ1v) is 4.02. The van der Waals surface area contributed by atoms with E-state index in [1.54, 1.807) is 0 Å². The van der Waals surface area contributed by atoms with Gasteiger partial charge in [-0.25, -0.2) is 0 Å². The van der Waals surface area contributed by atoms with Crippen LogP contribution in [0.2, 0.25) is 0 Å². The SMILES string of the molecule is NCCN1C(=O)[C@@H]2C=C[C@H]1C2. The van der Waals surface area contributed by atoms with Crippen molar-refractivity contribution in [2.24, 2.45) is 11.7 Å². The van der Waals surface area contributed by atoms with Crippen LogP contribution in [0.3, 0.4) is 0 Å². The monoisotopic (exact) mass is 152 g/mol. The Morgan fingerprint density at radius 2 is 2.45 bits per heavy atom. The number of fused-ring (bicyclic) bond motifs is 2. The van der Waals surface area contributed by atoms with Crippen LogP contribution < -0.4 is 5.73 Å². The Bertz CT molecular complexity index is 212. The standard InChI is InChI=1S/C8H12N2O/c9-3-4-10-7-2-1-6(5-7)8(10)11/h1-2,6-7H,3-5,9H2/t6-,7+/m1/s1. The van der Waals surface area contributed by atoms with Crippen molar-refractivity contribution in [3.05, 3.63) is 12.2 Å². The molecule has 2 bridgehead atoms. The minimum Gasteiger partial charge on any atom is -0.334 e. The van der Waals surface area contributed by atoms with Gasteiger partial charge < -0.3 is 10.6 Å². The lowest BCUT2D eigenvalue weighted by molar-refractivity contribution is -0.130. The highest BCUT2D eigenvalue weighted by molar-refractivity contribution is 5.85. The molecule has 1 aliphatic carbocycles. The molecule has 0 unspecified atom stereocenters. The average Bonchev–Trinajstić information content (AvgIpc) is 2.54. The predicted octanol–water partition coefficient (Wildman–Crippen LogP) is -0.268. The first kappa shape index (κ1) is 6.85. The molecule has 1 saturated heterocycles. The molecule has 1 aliphatic heterocycles. The Labute approximate surface area is 65.9 Å². The Hall–Kier alpha value is -0.830. The fraction of sp³-hybridized carbons (Fsp3) is 0.625. The Morgan fingerprint density at radius 3 is 3.00 bits per heavy atom. The lowest BCUT2D eigenvalue weighted by Gasteiger charge is -2.22. The summed E-state index contributed by atoms with van der Waals surface area (Å²) in [7, 11) is 0. The zero-order valence-corrected chi connectivity index (χ0v) is 6.36. The van der Waals surface area contributed by atoms with Crippen molar-refractivity contribution in [1.29, 1.82) is 0 Å². The fourth-order valence-corrected chi connectivity index (χ4v) is 1.89. The van der Waals surface area contributed by atoms with Gasteiger partial charge in [-0.2, -0.15) is 0 Å². The third-order valence-electron chi connectivity index (χ3n) is 2.43. The Kier molecular flexibility index (Phi) is 1.46. The summed E-state index contributed by atoms with van der Waals surface area (Å²) >= 11 is 0. The molecule has 2 aliphatic rings. The van der Waals surface area contributed by atoms with Gasteiger partial charge in [0.2, 0.25) is 5.91 Å². The molecule has 2 N–H and O–H groups in total. The summed E-state index contributed by atoms with van der Waals surface area (Å²) in [6, 6.07) is 0.357. The van der Waals surface area contributed by atoms with Gasteiger partial charge in [-0.05, 0) is 6.42 Å². The van der Waals surface area contributed by atoms with Crippen molar-refractivity contribution < 1.29 is 4.79 Å². The molecule has 0 aromatic heterocycles. The smallest absolute Gasteiger partial charge is 0.230 e. The number of carbonyl (C=O) groups is 1. The number of amides is 1. The van der Waals surface area contributed by atoms with E-state index in [-0.39, 0.29) is 11.8 Å². The van der Waals surface area contributed by atoms with Crippen molar-refractivity contribution >= 4 is 5.91 Å². The first-order chi connectivity index (χ1) is 5.33. The number of nitrogens with zero attached hydrogens (tertiary/aromatic N) is 1. The van der Waals surface area contributed by atoms with E-state index >= 15 is 0 Å². The summed E-state index contributed by atoms with van der Waals surface area (Å²) in [6.45, 7) is 1.28. The molecule has 11 heavy (non-hydrogen) atoms. The number of carbonyl (C=O) groups excluding carboxylic acids is 1. The minimum absolute atomic E-state index is 0.173. The van der Waals surface area contributed by atoms with Crippen LogP contribution in [0, 0.1) is 5.92 Å². The summed E-state index contributed by atoms with van der Waals surface area (Å²) < 4.78 is 0. The van der Waals surface area contributed by atoms with E-state index < -0.39 is 0 Å². The third-order valence-corrected chi connectivity index (χ3v) is 2.43. The largest absolute Gasteiger partial charge is 0.334 e. The minimum atomic E-state index is 0.173. The van der Waals surface area contributed by atoms with Crippen LogP contribution in [0.5, 0.6) is 0 Å². The van der Waals surface area contributed by atoms with Gasteiger partial charge in [0.15, 0.2) is 0 Å². The van der Waals surface area contributed by atoms with E-state index in [0.717, 1.165) is 6.42 Å². The summed E-state index contributed by atoms with van der Waals surface area (Å²) in [6.07, 6.45) is 5.11. The number of likely N-dealkylation sites (tertiary alicyclic amines) is 1. The average molecular weight is 152 g/mol. The highest BCUT2D eigenvalue weighted by Crippen LogP contribution is 2.31. The summed E-state index contributed by atoms with van der Waals surface area (Å²) in [4.78, 5) is 13.3. The second-order valence-corrected chi connectivity index (χ2v) is 3.11. The molecular formula is C8H12N2O. The highest BCUT2D eigenvalue weighted by Gasteiger charge is 2.39. The quantitative estimate of drug-likeness (QED) is 0.554. The van der Waals surface area contributed by atoms with Gasteiger partial charge in [0.1, 0.15) is 0 Å². The zero-order valence-electron chi connectivity index (χ0n) is 6.36. The second kappa shape index (κ2) is 2.34. The summed E-state index contributed by atoms with van der Waals surface area (Å²) in [5.41, 5.74) is 5.38. The third kappa shape index (κ3) is 0.878. The number of hydrogen-bond donors (Lipinski definition) is 1. The zero-order chi connectivity index (χ0) is 7.84. The maximum Gasteiger partial charge on any atom is 0.230 e. The van der Waals surface area contributed by atoms with Gasteiger partial charge in [-0.15, -0.1) is 0 Å². The maximum absolute atomic E-state index is 11.4. The van der Waals surface area contributed by atoms with Gasteiger partial charge in [0.05, 0.1) is 12.0 Å². The van der Waals surface area contributed by atoms with Crippen LogP contribution in [0.1, 0.15) is 6.42 Å². The molecule has 2 atom stereocenters. The fourth-order valence-electron chi connectivity index (χ4n) is 1.89. The molecule has 60 valence electrons. The van der Waals surface area contributed by atoms with Crippen molar-refractivity contribution in [1.82, 2.24) is 4.90 Å². The van der Waals surface area contributed by atoms with Gasteiger partial charge in [-0.3, -0.25) is 4.79 Å². The summed E-state index contributed by atoms with van der Waals surface area (Å²) in [5, 5.41) is 0. The predicted molar refractivity (Wildman–Crippen MR) is 41.8 cm³/mol. The van der Waals surface area contributed by atoms with Gasteiger partial charge in [0.25, 0.3) is 0 Å². The molecule has 1 amide bonds. The molecule has 1 heterocycles.